The molecule has 0 unspecified atom stereocenters. The molecule has 0 heterocycles. The van der Waals surface area contributed by atoms with Gasteiger partial charge < -0.3 is 10.1 Å². The molecule has 1 N–H and O–H groups in total. The van der Waals surface area contributed by atoms with Crippen molar-refractivity contribution in [1.82, 2.24) is 5.32 Å². The lowest BCUT2D eigenvalue weighted by Gasteiger charge is -2.22. The highest BCUT2D eigenvalue weighted by atomic mass is 32.2. The van der Waals surface area contributed by atoms with E-state index in [1.54, 1.807) is 36.4 Å². The average Bonchev–Trinajstić information content (AvgIpc) is 2.64. The summed E-state index contributed by atoms with van der Waals surface area (Å²) in [6.07, 6.45) is 2.41. The van der Waals surface area contributed by atoms with Gasteiger partial charge in [0.1, 0.15) is 18.1 Å². The number of halogens is 1. The monoisotopic (exact) mass is 394 g/mol. The molecule has 0 aliphatic rings. The molecule has 0 aliphatic carbocycles. The number of nitrogens with one attached hydrogen (secondary N) is 1. The van der Waals surface area contributed by atoms with Crippen LogP contribution in [-0.2, 0) is 21.2 Å². The molecule has 8 heteroatoms. The van der Waals surface area contributed by atoms with Crippen molar-refractivity contribution in [3.8, 4) is 5.75 Å². The summed E-state index contributed by atoms with van der Waals surface area (Å²) in [4.78, 5) is 12.2. The minimum Gasteiger partial charge on any atom is -0.497 e. The van der Waals surface area contributed by atoms with Crippen LogP contribution in [0.3, 0.4) is 0 Å². The predicted molar refractivity (Wildman–Crippen MR) is 103 cm³/mol. The van der Waals surface area contributed by atoms with Crippen LogP contribution in [0.25, 0.3) is 0 Å². The highest BCUT2D eigenvalue weighted by molar-refractivity contribution is 7.92. The SMILES string of the molecule is COc1ccc(N(CC(=O)NCCCc2ccc(F)cc2)S(C)(=O)=O)cc1. The lowest BCUT2D eigenvalue weighted by atomic mass is 10.1. The van der Waals surface area contributed by atoms with Crippen molar-refractivity contribution in [3.05, 3.63) is 59.9 Å². The van der Waals surface area contributed by atoms with Crippen LogP contribution in [0.1, 0.15) is 12.0 Å². The first-order valence-corrected chi connectivity index (χ1v) is 10.3. The van der Waals surface area contributed by atoms with Gasteiger partial charge in [0.25, 0.3) is 0 Å². The third-order valence-corrected chi connectivity index (χ3v) is 5.07. The van der Waals surface area contributed by atoms with E-state index in [4.69, 9.17) is 4.74 Å². The van der Waals surface area contributed by atoms with E-state index in [-0.39, 0.29) is 12.4 Å². The second kappa shape index (κ2) is 9.36. The molecule has 146 valence electrons. The molecule has 2 rings (SSSR count). The third-order valence-electron chi connectivity index (χ3n) is 3.93. The summed E-state index contributed by atoms with van der Waals surface area (Å²) in [6.45, 7) is 0.0954. The van der Waals surface area contributed by atoms with Gasteiger partial charge in [0.15, 0.2) is 0 Å². The van der Waals surface area contributed by atoms with Crippen molar-refractivity contribution < 1.29 is 22.3 Å². The van der Waals surface area contributed by atoms with Crippen LogP contribution in [0.4, 0.5) is 10.1 Å². The number of hydrogen-bond acceptors (Lipinski definition) is 4. The molecular formula is C19H23FN2O4S. The largest absolute Gasteiger partial charge is 0.497 e. The Kier molecular flexibility index (Phi) is 7.18. The van der Waals surface area contributed by atoms with E-state index in [0.29, 0.717) is 30.8 Å². The molecule has 6 nitrogen and oxygen atoms in total. The van der Waals surface area contributed by atoms with Crippen molar-refractivity contribution in [2.45, 2.75) is 12.8 Å². The summed E-state index contributed by atoms with van der Waals surface area (Å²) < 4.78 is 43.1. The van der Waals surface area contributed by atoms with Crippen LogP contribution in [0.5, 0.6) is 5.75 Å². The quantitative estimate of drug-likeness (QED) is 0.663. The van der Waals surface area contributed by atoms with Crippen LogP contribution >= 0.6 is 0 Å². The predicted octanol–water partition coefficient (Wildman–Crippen LogP) is 2.35. The molecule has 0 aromatic heterocycles. The van der Waals surface area contributed by atoms with Crippen molar-refractivity contribution in [2.75, 3.05) is 30.8 Å². The number of ether oxygens (including phenoxy) is 1. The molecule has 1 amide bonds. The number of benzene rings is 2. The molecule has 0 radical (unpaired) electrons. The fourth-order valence-electron chi connectivity index (χ4n) is 2.51. The summed E-state index contributed by atoms with van der Waals surface area (Å²) in [7, 11) is -2.10. The summed E-state index contributed by atoms with van der Waals surface area (Å²) in [5.74, 6) is -0.0840. The summed E-state index contributed by atoms with van der Waals surface area (Å²) in [5.41, 5.74) is 1.36. The molecule has 27 heavy (non-hydrogen) atoms. The maximum absolute atomic E-state index is 12.9. The van der Waals surface area contributed by atoms with Gasteiger partial charge in [0.2, 0.25) is 15.9 Å². The number of rotatable bonds is 9. The Morgan fingerprint density at radius 3 is 2.30 bits per heavy atom. The third kappa shape index (κ3) is 6.56. The number of aryl methyl sites for hydroxylation is 1. The Labute approximate surface area is 159 Å². The molecule has 0 bridgehead atoms. The number of nitrogens with zero attached hydrogens (tertiary/aromatic N) is 1. The Balaban J connectivity index is 1.88. The molecule has 2 aromatic rings. The van der Waals surface area contributed by atoms with Gasteiger partial charge in [-0.3, -0.25) is 9.10 Å². The summed E-state index contributed by atoms with van der Waals surface area (Å²) >= 11 is 0. The van der Waals surface area contributed by atoms with Crippen LogP contribution in [-0.4, -0.2) is 40.8 Å². The van der Waals surface area contributed by atoms with Crippen molar-refractivity contribution in [2.24, 2.45) is 0 Å². The van der Waals surface area contributed by atoms with Gasteiger partial charge in [-0.25, -0.2) is 12.8 Å². The molecule has 0 fully saturated rings. The van der Waals surface area contributed by atoms with E-state index in [9.17, 15) is 17.6 Å². The van der Waals surface area contributed by atoms with Crippen molar-refractivity contribution >= 4 is 21.6 Å². The minimum absolute atomic E-state index is 0.286. The first kappa shape index (κ1) is 20.7. The fraction of sp³-hybridized carbons (Fsp3) is 0.316. The van der Waals surface area contributed by atoms with E-state index in [1.807, 2.05) is 0 Å². The topological polar surface area (TPSA) is 75.7 Å². The zero-order valence-corrected chi connectivity index (χ0v) is 16.1. The van der Waals surface area contributed by atoms with E-state index in [0.717, 1.165) is 16.1 Å². The molecule has 0 saturated heterocycles. The number of hydrogen-bond donors (Lipinski definition) is 1. The van der Waals surface area contributed by atoms with Crippen LogP contribution < -0.4 is 14.4 Å². The number of carbonyl (C=O) groups excluding carboxylic acids is 1. The van der Waals surface area contributed by atoms with Gasteiger partial charge in [-0.2, -0.15) is 0 Å². The van der Waals surface area contributed by atoms with Gasteiger partial charge in [0, 0.05) is 6.54 Å². The maximum Gasteiger partial charge on any atom is 0.240 e. The molecular weight excluding hydrogens is 371 g/mol. The smallest absolute Gasteiger partial charge is 0.240 e. The molecule has 0 atom stereocenters. The second-order valence-electron chi connectivity index (χ2n) is 6.05. The van der Waals surface area contributed by atoms with Gasteiger partial charge in [-0.05, 0) is 54.8 Å². The van der Waals surface area contributed by atoms with Gasteiger partial charge in [-0.15, -0.1) is 0 Å². The first-order valence-electron chi connectivity index (χ1n) is 8.42. The minimum atomic E-state index is -3.61. The Morgan fingerprint density at radius 2 is 1.74 bits per heavy atom. The number of anilines is 1. The van der Waals surface area contributed by atoms with Gasteiger partial charge in [0.05, 0.1) is 19.1 Å². The van der Waals surface area contributed by atoms with Crippen LogP contribution in [0, 0.1) is 5.82 Å². The Bertz CT molecular complexity index is 852. The highest BCUT2D eigenvalue weighted by Crippen LogP contribution is 2.21. The summed E-state index contributed by atoms with van der Waals surface area (Å²) in [5, 5.41) is 2.72. The van der Waals surface area contributed by atoms with E-state index >= 15 is 0 Å². The maximum atomic E-state index is 12.9. The fourth-order valence-corrected chi connectivity index (χ4v) is 3.36. The van der Waals surface area contributed by atoms with Crippen LogP contribution in [0.15, 0.2) is 48.5 Å². The number of amides is 1. The van der Waals surface area contributed by atoms with E-state index < -0.39 is 15.9 Å². The van der Waals surface area contributed by atoms with Crippen molar-refractivity contribution in [1.29, 1.82) is 0 Å². The van der Waals surface area contributed by atoms with E-state index in [2.05, 4.69) is 5.32 Å². The Morgan fingerprint density at radius 1 is 1.11 bits per heavy atom. The van der Waals surface area contributed by atoms with Gasteiger partial charge in [-0.1, -0.05) is 12.1 Å². The number of sulfonamides is 1. The lowest BCUT2D eigenvalue weighted by molar-refractivity contribution is -0.119. The molecule has 2 aromatic carbocycles. The molecule has 0 aliphatic heterocycles. The van der Waals surface area contributed by atoms with Gasteiger partial charge >= 0.3 is 0 Å². The molecule has 0 spiro atoms. The second-order valence-corrected chi connectivity index (χ2v) is 7.95. The highest BCUT2D eigenvalue weighted by Gasteiger charge is 2.20. The standard InChI is InChI=1S/C19H23FN2O4S/c1-26-18-11-9-17(10-12-18)22(27(2,24)25)14-19(23)21-13-3-4-15-5-7-16(20)8-6-15/h5-12H,3-4,13-14H2,1-2H3,(H,21,23). The van der Waals surface area contributed by atoms with E-state index in [1.165, 1.54) is 19.2 Å². The zero-order chi connectivity index (χ0) is 19.9. The molecule has 0 saturated carbocycles. The first-order chi connectivity index (χ1) is 12.8. The van der Waals surface area contributed by atoms with Crippen LogP contribution in [0.2, 0.25) is 0 Å². The average molecular weight is 394 g/mol. The number of carbonyl (C=O) groups is 1. The Hall–Kier alpha value is -2.61. The number of methoxy groups -OCH3 is 1. The summed E-state index contributed by atoms with van der Waals surface area (Å²) in [6, 6.07) is 12.6. The lowest BCUT2D eigenvalue weighted by Crippen LogP contribution is -2.40. The zero-order valence-electron chi connectivity index (χ0n) is 15.3. The van der Waals surface area contributed by atoms with Crippen molar-refractivity contribution in [3.63, 3.8) is 0 Å². The normalized spacial score (nSPS) is 11.1.